The molecule has 5 N–H and O–H groups in total. The Labute approximate surface area is 209 Å². The van der Waals surface area contributed by atoms with Crippen LogP contribution in [0.25, 0.3) is 0 Å². The SMILES string of the molecule is CC12CCC3(CC4=CCC5C6(C)CC(O)C(O)C(CO)(CO)C6CCC5(C)C4(C)CC3OC1O)C2. The minimum absolute atomic E-state index is 0.0315. The van der Waals surface area contributed by atoms with Crippen LogP contribution in [-0.2, 0) is 4.74 Å². The summed E-state index contributed by atoms with van der Waals surface area (Å²) in [7, 11) is 0. The Kier molecular flexibility index (Phi) is 5.19. The van der Waals surface area contributed by atoms with Gasteiger partial charge in [-0.3, -0.25) is 0 Å². The molecule has 1 spiro atoms. The summed E-state index contributed by atoms with van der Waals surface area (Å²) in [4.78, 5) is 0. The fraction of sp³-hybridized carbons (Fsp3) is 0.931. The summed E-state index contributed by atoms with van der Waals surface area (Å²) in [5.74, 6) is 0.205. The molecule has 6 aliphatic rings. The summed E-state index contributed by atoms with van der Waals surface area (Å²) >= 11 is 0. The quantitative estimate of drug-likeness (QED) is 0.381. The van der Waals surface area contributed by atoms with E-state index < -0.39 is 23.9 Å². The molecule has 0 radical (unpaired) electrons. The van der Waals surface area contributed by atoms with Crippen LogP contribution < -0.4 is 0 Å². The average Bonchev–Trinajstić information content (AvgIpc) is 3.11. The van der Waals surface area contributed by atoms with Crippen LogP contribution in [0.4, 0.5) is 0 Å². The molecule has 2 bridgehead atoms. The molecule has 5 aliphatic carbocycles. The number of ether oxygens (including phenoxy) is 1. The zero-order chi connectivity index (χ0) is 25.2. The van der Waals surface area contributed by atoms with Crippen LogP contribution >= 0.6 is 0 Å². The molecule has 6 nitrogen and oxygen atoms in total. The lowest BCUT2D eigenvalue weighted by Crippen LogP contribution is -2.69. The first kappa shape index (κ1) is 24.8. The van der Waals surface area contributed by atoms with Gasteiger partial charge in [-0.2, -0.15) is 0 Å². The summed E-state index contributed by atoms with van der Waals surface area (Å²) < 4.78 is 6.43. The van der Waals surface area contributed by atoms with E-state index in [0.717, 1.165) is 51.4 Å². The molecular weight excluding hydrogens is 444 g/mol. The van der Waals surface area contributed by atoms with Gasteiger partial charge in [-0.05, 0) is 85.9 Å². The van der Waals surface area contributed by atoms with Crippen LogP contribution in [0, 0.1) is 44.3 Å². The molecule has 0 aromatic rings. The Balaban J connectivity index is 1.41. The van der Waals surface area contributed by atoms with Crippen LogP contribution in [0.2, 0.25) is 0 Å². The van der Waals surface area contributed by atoms with Crippen molar-refractivity contribution in [1.29, 1.82) is 0 Å². The van der Waals surface area contributed by atoms with E-state index in [-0.39, 0.29) is 58.2 Å². The summed E-state index contributed by atoms with van der Waals surface area (Å²) in [6.07, 6.45) is 8.13. The molecular formula is C29H46O6. The maximum atomic E-state index is 11.0. The van der Waals surface area contributed by atoms with Crippen LogP contribution in [0.1, 0.15) is 85.5 Å². The summed E-state index contributed by atoms with van der Waals surface area (Å²) in [5.41, 5.74) is 0.0715. The molecule has 198 valence electrons. The maximum absolute atomic E-state index is 11.0. The lowest BCUT2D eigenvalue weighted by atomic mass is 9.34. The van der Waals surface area contributed by atoms with E-state index in [1.807, 2.05) is 0 Å². The number of hydrogen-bond acceptors (Lipinski definition) is 6. The van der Waals surface area contributed by atoms with Gasteiger partial charge < -0.3 is 30.3 Å². The maximum Gasteiger partial charge on any atom is 0.160 e. The Morgan fingerprint density at radius 1 is 0.943 bits per heavy atom. The molecule has 1 aliphatic heterocycles. The molecule has 6 rings (SSSR count). The number of allylic oxidation sites excluding steroid dienone is 2. The van der Waals surface area contributed by atoms with E-state index in [1.165, 1.54) is 0 Å². The molecule has 1 saturated heterocycles. The van der Waals surface area contributed by atoms with Gasteiger partial charge in [-0.25, -0.2) is 0 Å². The lowest BCUT2D eigenvalue weighted by Gasteiger charge is -2.71. The summed E-state index contributed by atoms with van der Waals surface area (Å²) in [5, 5.41) is 53.7. The van der Waals surface area contributed by atoms with Gasteiger partial charge in [0, 0.05) is 16.2 Å². The van der Waals surface area contributed by atoms with Crippen LogP contribution in [0.15, 0.2) is 11.6 Å². The molecule has 11 atom stereocenters. The van der Waals surface area contributed by atoms with Gasteiger partial charge >= 0.3 is 0 Å². The lowest BCUT2D eigenvalue weighted by molar-refractivity contribution is -0.279. The van der Waals surface area contributed by atoms with Crippen LogP contribution in [-0.4, -0.2) is 63.3 Å². The van der Waals surface area contributed by atoms with Gasteiger partial charge in [-0.1, -0.05) is 39.3 Å². The van der Waals surface area contributed by atoms with E-state index in [0.29, 0.717) is 6.42 Å². The van der Waals surface area contributed by atoms with E-state index >= 15 is 0 Å². The second-order valence-corrected chi connectivity index (χ2v) is 14.7. The fourth-order valence-corrected chi connectivity index (χ4v) is 11.2. The third-order valence-corrected chi connectivity index (χ3v) is 13.4. The van der Waals surface area contributed by atoms with Crippen LogP contribution in [0.3, 0.4) is 0 Å². The highest BCUT2D eigenvalue weighted by Gasteiger charge is 2.71. The highest BCUT2D eigenvalue weighted by Crippen LogP contribution is 2.76. The minimum atomic E-state index is -1.12. The summed E-state index contributed by atoms with van der Waals surface area (Å²) in [6, 6.07) is 0. The van der Waals surface area contributed by atoms with E-state index in [4.69, 9.17) is 4.74 Å². The first-order valence-electron chi connectivity index (χ1n) is 14.0. The van der Waals surface area contributed by atoms with Gasteiger partial charge in [-0.15, -0.1) is 0 Å². The molecule has 0 amide bonds. The Hall–Kier alpha value is -0.500. The third kappa shape index (κ3) is 2.77. The fourth-order valence-electron chi connectivity index (χ4n) is 11.2. The number of aliphatic hydroxyl groups is 5. The van der Waals surface area contributed by atoms with Crippen molar-refractivity contribution in [2.75, 3.05) is 13.2 Å². The molecule has 6 heteroatoms. The number of fused-ring (bicyclic) bond motifs is 6. The predicted molar refractivity (Wildman–Crippen MR) is 131 cm³/mol. The van der Waals surface area contributed by atoms with Crippen molar-refractivity contribution >= 4 is 0 Å². The van der Waals surface area contributed by atoms with E-state index in [2.05, 4.69) is 33.8 Å². The van der Waals surface area contributed by atoms with Gasteiger partial charge in [0.25, 0.3) is 0 Å². The predicted octanol–water partition coefficient (Wildman–Crippen LogP) is 3.15. The van der Waals surface area contributed by atoms with Gasteiger partial charge in [0.2, 0.25) is 0 Å². The standard InChI is InChI=1S/C29H46O6/c1-24-9-10-28(14-24)11-17-5-6-19-25(2)12-18(32)22(33)29(15-30,16-31)20(25)7-8-26(19,3)27(17,4)13-21(28)35-23(24)34/h5,18-23,30-34H,6-16H2,1-4H3. The van der Waals surface area contributed by atoms with Crippen molar-refractivity contribution in [3.8, 4) is 0 Å². The van der Waals surface area contributed by atoms with Gasteiger partial charge in [0.15, 0.2) is 6.29 Å². The highest BCUT2D eigenvalue weighted by molar-refractivity contribution is 5.33. The van der Waals surface area contributed by atoms with Crippen molar-refractivity contribution in [2.24, 2.45) is 44.3 Å². The van der Waals surface area contributed by atoms with Gasteiger partial charge in [0.05, 0.1) is 31.5 Å². The van der Waals surface area contributed by atoms with Crippen molar-refractivity contribution in [1.82, 2.24) is 0 Å². The number of aliphatic hydroxyl groups excluding tert-OH is 5. The number of hydrogen-bond donors (Lipinski definition) is 5. The molecule has 35 heavy (non-hydrogen) atoms. The van der Waals surface area contributed by atoms with Crippen molar-refractivity contribution < 1.29 is 30.3 Å². The highest BCUT2D eigenvalue weighted by atomic mass is 16.6. The normalized spacial score (nSPS) is 58.5. The van der Waals surface area contributed by atoms with Crippen molar-refractivity contribution in [3.05, 3.63) is 11.6 Å². The van der Waals surface area contributed by atoms with E-state index in [9.17, 15) is 25.5 Å². The first-order valence-corrected chi connectivity index (χ1v) is 14.0. The van der Waals surface area contributed by atoms with E-state index in [1.54, 1.807) is 5.57 Å². The average molecular weight is 491 g/mol. The van der Waals surface area contributed by atoms with Gasteiger partial charge in [0.1, 0.15) is 0 Å². The molecule has 0 aromatic carbocycles. The monoisotopic (exact) mass is 490 g/mol. The molecule has 5 fully saturated rings. The zero-order valence-electron chi connectivity index (χ0n) is 22.0. The second-order valence-electron chi connectivity index (χ2n) is 14.7. The molecule has 1 heterocycles. The Morgan fingerprint density at radius 2 is 1.66 bits per heavy atom. The minimum Gasteiger partial charge on any atom is -0.396 e. The zero-order valence-corrected chi connectivity index (χ0v) is 22.0. The topological polar surface area (TPSA) is 110 Å². The Bertz CT molecular complexity index is 930. The smallest absolute Gasteiger partial charge is 0.160 e. The molecule has 11 unspecified atom stereocenters. The first-order chi connectivity index (χ1) is 16.3. The molecule has 4 saturated carbocycles. The number of rotatable bonds is 2. The largest absolute Gasteiger partial charge is 0.396 e. The third-order valence-electron chi connectivity index (χ3n) is 13.4. The summed E-state index contributed by atoms with van der Waals surface area (Å²) in [6.45, 7) is 8.63. The Morgan fingerprint density at radius 3 is 2.34 bits per heavy atom. The van der Waals surface area contributed by atoms with Crippen molar-refractivity contribution in [2.45, 2.75) is 110 Å². The second kappa shape index (κ2) is 7.33. The van der Waals surface area contributed by atoms with Crippen LogP contribution in [0.5, 0.6) is 0 Å². The molecule has 0 aromatic heterocycles. The van der Waals surface area contributed by atoms with Crippen molar-refractivity contribution in [3.63, 3.8) is 0 Å².